The summed E-state index contributed by atoms with van der Waals surface area (Å²) in [6, 6.07) is -5.75. The highest BCUT2D eigenvalue weighted by Gasteiger charge is 2.30. The quantitative estimate of drug-likeness (QED) is 0.142. The topological polar surface area (TPSA) is 251 Å². The van der Waals surface area contributed by atoms with Crippen LogP contribution in [-0.4, -0.2) is 81.7 Å². The summed E-state index contributed by atoms with van der Waals surface area (Å²) in [4.78, 5) is 69.0. The minimum Gasteiger partial charge on any atom is -0.481 e. The number of nitrogens with two attached hydrogens (primary N) is 2. The van der Waals surface area contributed by atoms with E-state index in [9.17, 15) is 33.9 Å². The van der Waals surface area contributed by atoms with Crippen molar-refractivity contribution in [2.24, 2.45) is 11.5 Å². The molecule has 14 heteroatoms. The van der Waals surface area contributed by atoms with Crippen LogP contribution in [0.15, 0.2) is 0 Å². The Morgan fingerprint density at radius 1 is 0.862 bits per heavy atom. The highest BCUT2D eigenvalue weighted by molar-refractivity contribution is 5.94. The summed E-state index contributed by atoms with van der Waals surface area (Å²) in [5, 5.41) is 33.2. The van der Waals surface area contributed by atoms with E-state index in [-0.39, 0.29) is 12.8 Å². The van der Waals surface area contributed by atoms with Gasteiger partial charge in [-0.3, -0.25) is 24.0 Å². The lowest BCUT2D eigenvalue weighted by molar-refractivity contribution is -0.147. The van der Waals surface area contributed by atoms with Crippen LogP contribution in [0.4, 0.5) is 0 Å². The van der Waals surface area contributed by atoms with Crippen LogP contribution in [0.25, 0.3) is 0 Å². The molecule has 0 radical (unpaired) electrons. The number of primary amides is 1. The van der Waals surface area contributed by atoms with Crippen LogP contribution in [0.1, 0.15) is 26.2 Å². The average Bonchev–Trinajstić information content (AvgIpc) is 2.60. The summed E-state index contributed by atoms with van der Waals surface area (Å²) in [5.41, 5.74) is 10.4. The zero-order valence-electron chi connectivity index (χ0n) is 15.6. The van der Waals surface area contributed by atoms with Crippen LogP contribution in [0, 0.1) is 0 Å². The molecule has 0 fully saturated rings. The molecule has 0 aliphatic heterocycles. The van der Waals surface area contributed by atoms with Crippen molar-refractivity contribution in [3.05, 3.63) is 0 Å². The van der Waals surface area contributed by atoms with Crippen LogP contribution < -0.4 is 27.4 Å². The lowest BCUT2D eigenvalue weighted by atomic mass is 10.1. The zero-order chi connectivity index (χ0) is 22.7. The maximum atomic E-state index is 12.3. The molecule has 0 bridgehead atoms. The van der Waals surface area contributed by atoms with Gasteiger partial charge in [-0.25, -0.2) is 4.79 Å². The molecule has 0 saturated heterocycles. The van der Waals surface area contributed by atoms with E-state index in [0.29, 0.717) is 0 Å². The molecule has 4 unspecified atom stereocenters. The molecule has 0 saturated carbocycles. The van der Waals surface area contributed by atoms with Crippen molar-refractivity contribution in [1.82, 2.24) is 16.0 Å². The first-order valence-electron chi connectivity index (χ1n) is 8.39. The molecule has 10 N–H and O–H groups in total. The standard InChI is InChI=1S/C15H25N5O9/c1-6(16)12(25)20-9(5-21)14(27)18-7(2-3-10(17)22)13(26)19-8(15(28)29)4-11(23)24/h6-9,21H,2-5,16H2,1H3,(H2,17,22)(H,18,27)(H,19,26)(H,20,25)(H,23,24)(H,28,29). The first kappa shape index (κ1) is 25.7. The summed E-state index contributed by atoms with van der Waals surface area (Å²) in [6.07, 6.45) is -1.64. The first-order valence-corrected chi connectivity index (χ1v) is 8.39. The first-order chi connectivity index (χ1) is 13.4. The second-order valence-electron chi connectivity index (χ2n) is 6.10. The number of carboxylic acid groups (broad SMARTS) is 2. The van der Waals surface area contributed by atoms with Crippen LogP contribution in [0.3, 0.4) is 0 Å². The molecule has 0 aliphatic rings. The molecular weight excluding hydrogens is 394 g/mol. The number of carbonyl (C=O) groups is 6. The van der Waals surface area contributed by atoms with Gasteiger partial charge in [0.05, 0.1) is 19.1 Å². The molecular formula is C15H25N5O9. The summed E-state index contributed by atoms with van der Waals surface area (Å²) in [5.74, 6) is -6.81. The molecule has 0 aromatic rings. The Balaban J connectivity index is 5.32. The minimum absolute atomic E-state index is 0.342. The van der Waals surface area contributed by atoms with Gasteiger partial charge in [0.25, 0.3) is 0 Å². The van der Waals surface area contributed by atoms with Gasteiger partial charge < -0.3 is 42.7 Å². The van der Waals surface area contributed by atoms with Crippen LogP contribution >= 0.6 is 0 Å². The molecule has 29 heavy (non-hydrogen) atoms. The Morgan fingerprint density at radius 3 is 1.76 bits per heavy atom. The summed E-state index contributed by atoms with van der Waals surface area (Å²) < 4.78 is 0. The van der Waals surface area contributed by atoms with Crippen molar-refractivity contribution >= 4 is 35.6 Å². The maximum Gasteiger partial charge on any atom is 0.326 e. The van der Waals surface area contributed by atoms with Crippen molar-refractivity contribution in [3.63, 3.8) is 0 Å². The average molecular weight is 419 g/mol. The Bertz CT molecular complexity index is 652. The smallest absolute Gasteiger partial charge is 0.326 e. The molecule has 0 aromatic heterocycles. The summed E-state index contributed by atoms with van der Waals surface area (Å²) in [7, 11) is 0. The van der Waals surface area contributed by atoms with Crippen molar-refractivity contribution in [2.45, 2.75) is 50.4 Å². The van der Waals surface area contributed by atoms with Crippen LogP contribution in [0.5, 0.6) is 0 Å². The molecule has 14 nitrogen and oxygen atoms in total. The van der Waals surface area contributed by atoms with E-state index < -0.39 is 72.8 Å². The van der Waals surface area contributed by atoms with Gasteiger partial charge >= 0.3 is 11.9 Å². The Kier molecular flexibility index (Phi) is 10.9. The van der Waals surface area contributed by atoms with Crippen molar-refractivity contribution in [1.29, 1.82) is 0 Å². The van der Waals surface area contributed by atoms with Gasteiger partial charge in [0.2, 0.25) is 23.6 Å². The predicted octanol–water partition coefficient (Wildman–Crippen LogP) is -4.39. The zero-order valence-corrected chi connectivity index (χ0v) is 15.6. The lowest BCUT2D eigenvalue weighted by Crippen LogP contribution is -2.58. The van der Waals surface area contributed by atoms with Gasteiger partial charge in [-0.2, -0.15) is 0 Å². The Morgan fingerprint density at radius 2 is 1.34 bits per heavy atom. The Labute approximate surface area is 165 Å². The van der Waals surface area contributed by atoms with E-state index in [1.165, 1.54) is 6.92 Å². The number of aliphatic carboxylic acids is 2. The number of aliphatic hydroxyl groups is 1. The fraction of sp³-hybridized carbons (Fsp3) is 0.600. The van der Waals surface area contributed by atoms with E-state index in [1.807, 2.05) is 5.32 Å². The number of aliphatic hydroxyl groups excluding tert-OH is 1. The molecule has 0 spiro atoms. The van der Waals surface area contributed by atoms with E-state index in [1.54, 1.807) is 0 Å². The fourth-order valence-corrected chi connectivity index (χ4v) is 1.97. The monoisotopic (exact) mass is 419 g/mol. The minimum atomic E-state index is -1.79. The predicted molar refractivity (Wildman–Crippen MR) is 94.8 cm³/mol. The molecule has 0 heterocycles. The fourth-order valence-electron chi connectivity index (χ4n) is 1.97. The molecule has 4 amide bonds. The summed E-state index contributed by atoms with van der Waals surface area (Å²) >= 11 is 0. The number of nitrogens with one attached hydrogen (secondary N) is 3. The third-order valence-corrected chi connectivity index (χ3v) is 3.53. The van der Waals surface area contributed by atoms with E-state index in [0.717, 1.165) is 0 Å². The van der Waals surface area contributed by atoms with E-state index in [2.05, 4.69) is 10.6 Å². The number of rotatable bonds is 13. The van der Waals surface area contributed by atoms with Gasteiger partial charge in [-0.1, -0.05) is 0 Å². The van der Waals surface area contributed by atoms with Crippen molar-refractivity contribution < 1.29 is 44.1 Å². The molecule has 0 aliphatic carbocycles. The van der Waals surface area contributed by atoms with Crippen LogP contribution in [-0.2, 0) is 28.8 Å². The Hall–Kier alpha value is -3.26. The maximum absolute atomic E-state index is 12.3. The summed E-state index contributed by atoms with van der Waals surface area (Å²) in [6.45, 7) is 0.491. The highest BCUT2D eigenvalue weighted by atomic mass is 16.4. The molecule has 4 atom stereocenters. The SMILES string of the molecule is CC(N)C(=O)NC(CO)C(=O)NC(CCC(N)=O)C(=O)NC(CC(=O)O)C(=O)O. The third-order valence-electron chi connectivity index (χ3n) is 3.53. The molecule has 164 valence electrons. The van der Waals surface area contributed by atoms with Gasteiger partial charge in [0.1, 0.15) is 18.1 Å². The lowest BCUT2D eigenvalue weighted by Gasteiger charge is -2.23. The van der Waals surface area contributed by atoms with E-state index in [4.69, 9.17) is 21.7 Å². The number of hydrogen-bond donors (Lipinski definition) is 8. The van der Waals surface area contributed by atoms with Gasteiger partial charge in [0.15, 0.2) is 0 Å². The van der Waals surface area contributed by atoms with Crippen LogP contribution in [0.2, 0.25) is 0 Å². The number of carbonyl (C=O) groups excluding carboxylic acids is 4. The molecule has 0 rings (SSSR count). The van der Waals surface area contributed by atoms with Gasteiger partial charge in [-0.05, 0) is 13.3 Å². The number of amides is 4. The number of carboxylic acids is 2. The van der Waals surface area contributed by atoms with Crippen molar-refractivity contribution in [3.8, 4) is 0 Å². The highest BCUT2D eigenvalue weighted by Crippen LogP contribution is 2.02. The van der Waals surface area contributed by atoms with E-state index >= 15 is 0 Å². The second-order valence-corrected chi connectivity index (χ2v) is 6.10. The second kappa shape index (κ2) is 12.2. The largest absolute Gasteiger partial charge is 0.481 e. The third kappa shape index (κ3) is 10.0. The molecule has 0 aromatic carbocycles. The normalized spacial score (nSPS) is 14.6. The van der Waals surface area contributed by atoms with Gasteiger partial charge in [0, 0.05) is 6.42 Å². The van der Waals surface area contributed by atoms with Crippen molar-refractivity contribution in [2.75, 3.05) is 6.61 Å². The van der Waals surface area contributed by atoms with Gasteiger partial charge in [-0.15, -0.1) is 0 Å². The number of hydrogen-bond acceptors (Lipinski definition) is 8.